The lowest BCUT2D eigenvalue weighted by Gasteiger charge is -2.15. The van der Waals surface area contributed by atoms with Gasteiger partial charge in [0.1, 0.15) is 6.10 Å². The summed E-state index contributed by atoms with van der Waals surface area (Å²) in [6.07, 6.45) is -0.703. The van der Waals surface area contributed by atoms with Gasteiger partial charge in [-0.15, -0.1) is 0 Å². The van der Waals surface area contributed by atoms with Gasteiger partial charge < -0.3 is 15.0 Å². The molecule has 6 nitrogen and oxygen atoms in total. The van der Waals surface area contributed by atoms with Gasteiger partial charge in [-0.2, -0.15) is 0 Å². The maximum atomic E-state index is 11.9. The lowest BCUT2D eigenvalue weighted by molar-refractivity contribution is 0.139. The molecule has 0 saturated carbocycles. The third-order valence-electron chi connectivity index (χ3n) is 3.56. The number of cyclic esters (lactones) is 1. The first kappa shape index (κ1) is 15.2. The van der Waals surface area contributed by atoms with Gasteiger partial charge in [0.2, 0.25) is 0 Å². The van der Waals surface area contributed by atoms with Gasteiger partial charge in [-0.05, 0) is 37.1 Å². The molecule has 1 fully saturated rings. The maximum Gasteiger partial charge on any atom is 0.414 e. The molecule has 21 heavy (non-hydrogen) atoms. The van der Waals surface area contributed by atoms with Gasteiger partial charge in [0.15, 0.2) is 0 Å². The SMILES string of the molecule is Cc1ccc(N2CC(CNC(=O)N(C)C)OC2=O)cc1C. The van der Waals surface area contributed by atoms with Gasteiger partial charge in [0.25, 0.3) is 0 Å². The number of nitrogens with one attached hydrogen (secondary N) is 1. The van der Waals surface area contributed by atoms with E-state index in [0.717, 1.165) is 11.3 Å². The van der Waals surface area contributed by atoms with E-state index in [1.165, 1.54) is 10.5 Å². The zero-order valence-corrected chi connectivity index (χ0v) is 12.8. The molecule has 1 atom stereocenters. The van der Waals surface area contributed by atoms with Crippen LogP contribution in [0.2, 0.25) is 0 Å². The second-order valence-corrected chi connectivity index (χ2v) is 5.47. The number of urea groups is 1. The highest BCUT2D eigenvalue weighted by molar-refractivity contribution is 5.90. The summed E-state index contributed by atoms with van der Waals surface area (Å²) in [5.41, 5.74) is 3.13. The van der Waals surface area contributed by atoms with Gasteiger partial charge in [0, 0.05) is 19.8 Å². The highest BCUT2D eigenvalue weighted by atomic mass is 16.6. The third kappa shape index (κ3) is 3.45. The molecule has 0 bridgehead atoms. The largest absolute Gasteiger partial charge is 0.442 e. The number of carbonyl (C=O) groups is 2. The van der Waals surface area contributed by atoms with E-state index in [9.17, 15) is 9.59 Å². The van der Waals surface area contributed by atoms with Crippen molar-refractivity contribution < 1.29 is 14.3 Å². The first-order valence-electron chi connectivity index (χ1n) is 6.89. The van der Waals surface area contributed by atoms with Crippen LogP contribution in [0.25, 0.3) is 0 Å². The van der Waals surface area contributed by atoms with Crippen molar-refractivity contribution in [3.8, 4) is 0 Å². The van der Waals surface area contributed by atoms with Crippen molar-refractivity contribution >= 4 is 17.8 Å². The molecule has 1 aromatic rings. The molecule has 1 N–H and O–H groups in total. The van der Waals surface area contributed by atoms with Gasteiger partial charge in [-0.1, -0.05) is 6.07 Å². The minimum absolute atomic E-state index is 0.198. The van der Waals surface area contributed by atoms with Crippen LogP contribution in [0.5, 0.6) is 0 Å². The molecule has 1 unspecified atom stereocenters. The minimum atomic E-state index is -0.373. The standard InChI is InChI=1S/C15H21N3O3/c1-10-5-6-12(7-11(10)2)18-9-13(21-15(18)20)8-16-14(19)17(3)4/h5-7,13H,8-9H2,1-4H3,(H,16,19). The number of anilines is 1. The summed E-state index contributed by atoms with van der Waals surface area (Å²) in [6, 6.07) is 5.66. The highest BCUT2D eigenvalue weighted by Crippen LogP contribution is 2.23. The number of benzene rings is 1. The molecule has 1 aliphatic heterocycles. The number of hydrogen-bond donors (Lipinski definition) is 1. The fraction of sp³-hybridized carbons (Fsp3) is 0.467. The molecule has 1 saturated heterocycles. The number of nitrogens with zero attached hydrogens (tertiary/aromatic N) is 2. The zero-order chi connectivity index (χ0) is 15.6. The molecular weight excluding hydrogens is 270 g/mol. The monoisotopic (exact) mass is 291 g/mol. The molecule has 0 aliphatic carbocycles. The minimum Gasteiger partial charge on any atom is -0.442 e. The second-order valence-electron chi connectivity index (χ2n) is 5.47. The molecule has 1 aromatic carbocycles. The molecule has 0 spiro atoms. The summed E-state index contributed by atoms with van der Waals surface area (Å²) in [6.45, 7) is 4.79. The van der Waals surface area contributed by atoms with E-state index < -0.39 is 0 Å². The van der Waals surface area contributed by atoms with Crippen LogP contribution in [0, 0.1) is 13.8 Å². The lowest BCUT2D eigenvalue weighted by Crippen LogP contribution is -2.40. The Hall–Kier alpha value is -2.24. The molecular formula is C15H21N3O3. The average molecular weight is 291 g/mol. The average Bonchev–Trinajstić information content (AvgIpc) is 2.80. The van der Waals surface area contributed by atoms with Gasteiger partial charge in [-0.3, -0.25) is 4.90 Å². The van der Waals surface area contributed by atoms with Crippen LogP contribution in [0.4, 0.5) is 15.3 Å². The fourth-order valence-electron chi connectivity index (χ4n) is 2.09. The molecule has 2 rings (SSSR count). The number of hydrogen-bond acceptors (Lipinski definition) is 3. The second kappa shape index (κ2) is 6.03. The molecule has 0 radical (unpaired) electrons. The van der Waals surface area contributed by atoms with Crippen molar-refractivity contribution in [3.63, 3.8) is 0 Å². The van der Waals surface area contributed by atoms with Crippen LogP contribution in [0.1, 0.15) is 11.1 Å². The first-order chi connectivity index (χ1) is 9.88. The summed E-state index contributed by atoms with van der Waals surface area (Å²) in [5, 5.41) is 2.72. The highest BCUT2D eigenvalue weighted by Gasteiger charge is 2.32. The Bertz CT molecular complexity index is 557. The Kier molecular flexibility index (Phi) is 4.35. The van der Waals surface area contributed by atoms with E-state index >= 15 is 0 Å². The Morgan fingerprint density at radius 3 is 2.71 bits per heavy atom. The van der Waals surface area contributed by atoms with Crippen LogP contribution in [-0.2, 0) is 4.74 Å². The fourth-order valence-corrected chi connectivity index (χ4v) is 2.09. The molecule has 114 valence electrons. The maximum absolute atomic E-state index is 11.9. The Morgan fingerprint density at radius 2 is 2.10 bits per heavy atom. The van der Waals surface area contributed by atoms with Crippen molar-refractivity contribution in [2.75, 3.05) is 32.1 Å². The van der Waals surface area contributed by atoms with Crippen LogP contribution in [0.3, 0.4) is 0 Å². The summed E-state index contributed by atoms with van der Waals surface area (Å²) < 4.78 is 5.28. The Morgan fingerprint density at radius 1 is 1.38 bits per heavy atom. The number of carbonyl (C=O) groups excluding carboxylic acids is 2. The van der Waals surface area contributed by atoms with E-state index in [-0.39, 0.29) is 18.2 Å². The van der Waals surface area contributed by atoms with E-state index in [4.69, 9.17) is 4.74 Å². The summed E-state index contributed by atoms with van der Waals surface area (Å²) >= 11 is 0. The van der Waals surface area contributed by atoms with Crippen LogP contribution in [-0.4, -0.2) is 50.3 Å². The first-order valence-corrected chi connectivity index (χ1v) is 6.89. The summed E-state index contributed by atoms with van der Waals surface area (Å²) in [5.74, 6) is 0. The van der Waals surface area contributed by atoms with Crippen molar-refractivity contribution in [3.05, 3.63) is 29.3 Å². The van der Waals surface area contributed by atoms with E-state index in [2.05, 4.69) is 5.32 Å². The topological polar surface area (TPSA) is 61.9 Å². The predicted octanol–water partition coefficient (Wildman–Crippen LogP) is 1.90. The number of ether oxygens (including phenoxy) is 1. The molecule has 6 heteroatoms. The van der Waals surface area contributed by atoms with Crippen molar-refractivity contribution in [1.82, 2.24) is 10.2 Å². The third-order valence-corrected chi connectivity index (χ3v) is 3.56. The predicted molar refractivity (Wildman–Crippen MR) is 80.6 cm³/mol. The summed E-state index contributed by atoms with van der Waals surface area (Å²) in [4.78, 5) is 26.5. The van der Waals surface area contributed by atoms with Gasteiger partial charge in [-0.25, -0.2) is 9.59 Å². The van der Waals surface area contributed by atoms with E-state index in [1.54, 1.807) is 19.0 Å². The quantitative estimate of drug-likeness (QED) is 0.925. The zero-order valence-electron chi connectivity index (χ0n) is 12.8. The van der Waals surface area contributed by atoms with Crippen molar-refractivity contribution in [1.29, 1.82) is 0 Å². The van der Waals surface area contributed by atoms with Crippen LogP contribution in [0.15, 0.2) is 18.2 Å². The van der Waals surface area contributed by atoms with Crippen molar-refractivity contribution in [2.24, 2.45) is 0 Å². The normalized spacial score (nSPS) is 17.6. The number of aryl methyl sites for hydroxylation is 2. The molecule has 1 heterocycles. The van der Waals surface area contributed by atoms with E-state index in [1.807, 2.05) is 32.0 Å². The van der Waals surface area contributed by atoms with Crippen molar-refractivity contribution in [2.45, 2.75) is 20.0 Å². The lowest BCUT2D eigenvalue weighted by atomic mass is 10.1. The molecule has 0 aromatic heterocycles. The molecule has 3 amide bonds. The van der Waals surface area contributed by atoms with Gasteiger partial charge in [0.05, 0.1) is 13.1 Å². The summed E-state index contributed by atoms with van der Waals surface area (Å²) in [7, 11) is 3.33. The number of amides is 3. The van der Waals surface area contributed by atoms with Crippen LogP contribution >= 0.6 is 0 Å². The number of rotatable bonds is 3. The molecule has 1 aliphatic rings. The Balaban J connectivity index is 1.99. The van der Waals surface area contributed by atoms with E-state index in [0.29, 0.717) is 13.1 Å². The smallest absolute Gasteiger partial charge is 0.414 e. The Labute approximate surface area is 124 Å². The van der Waals surface area contributed by atoms with Crippen LogP contribution < -0.4 is 10.2 Å². The van der Waals surface area contributed by atoms with Gasteiger partial charge >= 0.3 is 12.1 Å².